The van der Waals surface area contributed by atoms with Crippen molar-refractivity contribution in [1.82, 2.24) is 0 Å². The summed E-state index contributed by atoms with van der Waals surface area (Å²) in [5, 5.41) is 0. The van der Waals surface area contributed by atoms with E-state index in [0.717, 1.165) is 18.1 Å². The van der Waals surface area contributed by atoms with E-state index in [4.69, 9.17) is 0 Å². The predicted octanol–water partition coefficient (Wildman–Crippen LogP) is -1.88. The monoisotopic (exact) mass is 126 g/mol. The normalized spacial score (nSPS) is 9.56. The zero-order chi connectivity index (χ0) is 6.69. The van der Waals surface area contributed by atoms with Gasteiger partial charge in [-0.1, -0.05) is 0 Å². The Kier molecular flexibility index (Phi) is 1.77. The number of hydrogen-bond donors (Lipinski definition) is 2. The van der Waals surface area contributed by atoms with Crippen LogP contribution in [0.1, 0.15) is 5.69 Å². The third-order valence-corrected chi connectivity index (χ3v) is 1.19. The zero-order valence-corrected chi connectivity index (χ0v) is 5.35. The van der Waals surface area contributed by atoms with Crippen LogP contribution in [0.4, 0.5) is 5.82 Å². The van der Waals surface area contributed by atoms with E-state index < -0.39 is 0 Å². The smallest absolute Gasteiger partial charge is 0.349 e. The first-order valence-corrected chi connectivity index (χ1v) is 2.95. The molecule has 0 saturated heterocycles. The lowest BCUT2D eigenvalue weighted by Crippen LogP contribution is -2.52. The molecule has 48 valence electrons. The maximum Gasteiger partial charge on any atom is 0.362 e. The van der Waals surface area contributed by atoms with Crippen molar-refractivity contribution in [3.05, 3.63) is 23.9 Å². The van der Waals surface area contributed by atoms with Gasteiger partial charge < -0.3 is 5.73 Å². The summed E-state index contributed by atoms with van der Waals surface area (Å²) in [7, 11) is 0. The molecule has 0 amide bonds. The van der Waals surface area contributed by atoms with Gasteiger partial charge in [-0.3, -0.25) is 5.73 Å². The van der Waals surface area contributed by atoms with Gasteiger partial charge in [0, 0.05) is 6.07 Å². The molecular formula is C6H12N3+3. The van der Waals surface area contributed by atoms with Crippen molar-refractivity contribution in [2.45, 2.75) is 6.54 Å². The number of nitrogens with one attached hydrogen (secondary N) is 1. The third kappa shape index (κ3) is 1.48. The fourth-order valence-corrected chi connectivity index (χ4v) is 0.716. The largest absolute Gasteiger partial charge is 0.362 e. The quantitative estimate of drug-likeness (QED) is 0.442. The first kappa shape index (κ1) is 6.19. The van der Waals surface area contributed by atoms with Gasteiger partial charge in [0.1, 0.15) is 0 Å². The summed E-state index contributed by atoms with van der Waals surface area (Å²) in [6, 6.07) is 5.90. The predicted molar refractivity (Wildman–Crippen MR) is 32.1 cm³/mol. The van der Waals surface area contributed by atoms with E-state index in [1.54, 1.807) is 0 Å². The zero-order valence-electron chi connectivity index (χ0n) is 5.35. The van der Waals surface area contributed by atoms with Gasteiger partial charge in [0.2, 0.25) is 5.69 Å². The molecule has 0 aliphatic carbocycles. The minimum atomic E-state index is 0.795. The highest BCUT2D eigenvalue weighted by molar-refractivity contribution is 5.09. The van der Waals surface area contributed by atoms with Gasteiger partial charge in [-0.05, 0) is 6.07 Å². The highest BCUT2D eigenvalue weighted by Gasteiger charge is 2.01. The van der Waals surface area contributed by atoms with Crippen molar-refractivity contribution in [3.63, 3.8) is 0 Å². The van der Waals surface area contributed by atoms with Crippen LogP contribution in [0.2, 0.25) is 0 Å². The van der Waals surface area contributed by atoms with Crippen molar-refractivity contribution in [1.29, 1.82) is 0 Å². The molecule has 3 heteroatoms. The molecule has 9 heavy (non-hydrogen) atoms. The number of quaternary nitrogens is 2. The van der Waals surface area contributed by atoms with Crippen LogP contribution >= 0.6 is 0 Å². The Balaban J connectivity index is 2.94. The number of aromatic nitrogens is 1. The second-order valence-electron chi connectivity index (χ2n) is 1.95. The first-order chi connectivity index (χ1) is 4.33. The molecule has 0 spiro atoms. The molecule has 0 saturated carbocycles. The molecule has 0 aliphatic heterocycles. The van der Waals surface area contributed by atoms with Gasteiger partial charge in [0.05, 0.1) is 6.07 Å². The molecule has 0 fully saturated rings. The Hall–Kier alpha value is -0.930. The van der Waals surface area contributed by atoms with E-state index >= 15 is 0 Å². The van der Waals surface area contributed by atoms with Gasteiger partial charge in [0.25, 0.3) is 0 Å². The van der Waals surface area contributed by atoms with Crippen LogP contribution in [0, 0.1) is 0 Å². The standard InChI is InChI=1S/C6H9N3/c7-4-5-2-1-3-6(8)9-5/h1-3H,4,7H2,(H2,8,9)/p+3. The average Bonchev–Trinajstić information content (AvgIpc) is 1.88. The fourth-order valence-electron chi connectivity index (χ4n) is 0.716. The highest BCUT2D eigenvalue weighted by atomic mass is 14.8. The number of rotatable bonds is 1. The number of pyridine rings is 1. The second kappa shape index (κ2) is 2.57. The molecule has 0 radical (unpaired) electrons. The molecule has 7 N–H and O–H groups in total. The lowest BCUT2D eigenvalue weighted by atomic mass is 10.3. The summed E-state index contributed by atoms with van der Waals surface area (Å²) < 4.78 is 0. The van der Waals surface area contributed by atoms with Gasteiger partial charge in [0.15, 0.2) is 6.54 Å². The lowest BCUT2D eigenvalue weighted by molar-refractivity contribution is -0.508. The Morgan fingerprint density at radius 1 is 1.44 bits per heavy atom. The van der Waals surface area contributed by atoms with E-state index in [1.165, 1.54) is 0 Å². The van der Waals surface area contributed by atoms with Crippen LogP contribution in [0.25, 0.3) is 0 Å². The molecule has 0 aromatic carbocycles. The molecule has 0 atom stereocenters. The molecule has 1 aromatic rings. The molecular weight excluding hydrogens is 114 g/mol. The van der Waals surface area contributed by atoms with Crippen LogP contribution < -0.4 is 16.5 Å². The fraction of sp³-hybridized carbons (Fsp3) is 0.167. The number of hydrogen-bond acceptors (Lipinski definition) is 0. The summed E-state index contributed by atoms with van der Waals surface area (Å²) in [6.07, 6.45) is 0. The van der Waals surface area contributed by atoms with E-state index in [9.17, 15) is 0 Å². The summed E-state index contributed by atoms with van der Waals surface area (Å²) >= 11 is 0. The molecule has 0 aliphatic rings. The Morgan fingerprint density at radius 2 is 2.22 bits per heavy atom. The molecule has 3 nitrogen and oxygen atoms in total. The van der Waals surface area contributed by atoms with E-state index in [0.29, 0.717) is 0 Å². The van der Waals surface area contributed by atoms with Crippen LogP contribution in [-0.4, -0.2) is 0 Å². The maximum atomic E-state index is 3.75. The maximum absolute atomic E-state index is 3.75. The van der Waals surface area contributed by atoms with Crippen molar-refractivity contribution in [2.24, 2.45) is 0 Å². The van der Waals surface area contributed by atoms with Crippen molar-refractivity contribution in [2.75, 3.05) is 0 Å². The van der Waals surface area contributed by atoms with Gasteiger partial charge in [-0.25, -0.2) is 0 Å². The van der Waals surface area contributed by atoms with E-state index in [1.807, 2.05) is 18.2 Å². The van der Waals surface area contributed by atoms with Crippen molar-refractivity contribution < 1.29 is 16.5 Å². The van der Waals surface area contributed by atoms with Crippen LogP contribution in [-0.2, 0) is 6.54 Å². The molecule has 0 unspecified atom stereocenters. The van der Waals surface area contributed by atoms with Crippen molar-refractivity contribution in [3.8, 4) is 0 Å². The highest BCUT2D eigenvalue weighted by Crippen LogP contribution is 1.88. The molecule has 1 heterocycles. The minimum absolute atomic E-state index is 0.795. The van der Waals surface area contributed by atoms with Crippen LogP contribution in [0.15, 0.2) is 18.2 Å². The van der Waals surface area contributed by atoms with Crippen LogP contribution in [0.5, 0.6) is 0 Å². The van der Waals surface area contributed by atoms with Gasteiger partial charge in [-0.15, -0.1) is 0 Å². The molecule has 1 aromatic heterocycles. The first-order valence-electron chi connectivity index (χ1n) is 2.95. The average molecular weight is 126 g/mol. The second-order valence-corrected chi connectivity index (χ2v) is 1.95. The summed E-state index contributed by atoms with van der Waals surface area (Å²) in [6.45, 7) is 0.795. The number of aromatic amines is 1. The summed E-state index contributed by atoms with van der Waals surface area (Å²) in [4.78, 5) is 3.08. The Labute approximate surface area is 53.7 Å². The number of H-pyrrole nitrogens is 1. The van der Waals surface area contributed by atoms with Crippen LogP contribution in [0.3, 0.4) is 0 Å². The lowest BCUT2D eigenvalue weighted by Gasteiger charge is -1.82. The van der Waals surface area contributed by atoms with Gasteiger partial charge in [-0.2, -0.15) is 4.98 Å². The van der Waals surface area contributed by atoms with E-state index in [2.05, 4.69) is 16.5 Å². The summed E-state index contributed by atoms with van der Waals surface area (Å²) in [5.41, 5.74) is 8.61. The minimum Gasteiger partial charge on any atom is -0.349 e. The topological polar surface area (TPSA) is 69.4 Å². The summed E-state index contributed by atoms with van der Waals surface area (Å²) in [5.74, 6) is 0.941. The third-order valence-electron chi connectivity index (χ3n) is 1.19. The molecule has 0 bridgehead atoms. The van der Waals surface area contributed by atoms with Gasteiger partial charge >= 0.3 is 5.82 Å². The Bertz CT molecular complexity index is 197. The van der Waals surface area contributed by atoms with E-state index in [-0.39, 0.29) is 0 Å². The van der Waals surface area contributed by atoms with Crippen molar-refractivity contribution >= 4 is 5.82 Å². The molecule has 1 rings (SSSR count). The SMILES string of the molecule is [NH3+]Cc1cccc([NH3+])[nH+]1. The Morgan fingerprint density at radius 3 is 2.67 bits per heavy atom.